The van der Waals surface area contributed by atoms with Crippen LogP contribution in [0.4, 0.5) is 17.5 Å². The first-order valence-corrected chi connectivity index (χ1v) is 10.8. The van der Waals surface area contributed by atoms with Crippen LogP contribution in [0.3, 0.4) is 0 Å². The number of nitrogens with zero attached hydrogens (tertiary/aromatic N) is 3. The third kappa shape index (κ3) is 4.66. The van der Waals surface area contributed by atoms with Crippen LogP contribution in [0, 0.1) is 0 Å². The second kappa shape index (κ2) is 8.93. The smallest absolute Gasteiger partial charge is 0.326 e. The highest BCUT2D eigenvalue weighted by Crippen LogP contribution is 2.43. The first-order chi connectivity index (χ1) is 15.7. The molecule has 1 amide bonds. The van der Waals surface area contributed by atoms with Crippen LogP contribution >= 0.6 is 0 Å². The summed E-state index contributed by atoms with van der Waals surface area (Å²) in [5, 5.41) is 20.4. The van der Waals surface area contributed by atoms with E-state index in [1.807, 2.05) is 12.1 Å². The summed E-state index contributed by atoms with van der Waals surface area (Å²) in [4.78, 5) is 45.2. The Morgan fingerprint density at radius 1 is 1.15 bits per heavy atom. The second-order valence-corrected chi connectivity index (χ2v) is 8.46. The van der Waals surface area contributed by atoms with Gasteiger partial charge in [0.05, 0.1) is 5.69 Å². The van der Waals surface area contributed by atoms with Crippen molar-refractivity contribution in [1.29, 1.82) is 0 Å². The van der Waals surface area contributed by atoms with Crippen LogP contribution in [0.5, 0.6) is 0 Å². The monoisotopic (exact) mass is 454 g/mol. The third-order valence-electron chi connectivity index (χ3n) is 6.31. The first kappa shape index (κ1) is 22.3. The molecule has 7 N–H and O–H groups in total. The number of aryl methyl sites for hydroxylation is 1. The van der Waals surface area contributed by atoms with E-state index < -0.39 is 23.9 Å². The van der Waals surface area contributed by atoms with Crippen molar-refractivity contribution in [3.8, 4) is 0 Å². The molecule has 1 fully saturated rings. The molecule has 2 aromatic rings. The highest BCUT2D eigenvalue weighted by Gasteiger charge is 2.38. The summed E-state index contributed by atoms with van der Waals surface area (Å²) in [5.74, 6) is -2.13. The Kier molecular flexibility index (Phi) is 6.03. The van der Waals surface area contributed by atoms with Crippen LogP contribution in [0.25, 0.3) is 0 Å². The Balaban J connectivity index is 1.44. The molecule has 11 nitrogen and oxygen atoms in total. The standard InChI is InChI=1S/C22H26N6O5/c23-19-18-15(26-22(24)27-19)6-5-14-9-13(10-28(14)18)11-1-3-12(4-2-11)20(31)25-16(21(32)33)7-8-17(29)30/h1-4,13-14,16H,5-10H2,(H,25,31)(H,29,30)(H,32,33)(H4,23,24,26,27)/t13?,14?,16-/m0/s1. The van der Waals surface area contributed by atoms with E-state index in [1.165, 1.54) is 0 Å². The van der Waals surface area contributed by atoms with Gasteiger partial charge in [0.15, 0.2) is 5.82 Å². The van der Waals surface area contributed by atoms with Crippen LogP contribution in [0.15, 0.2) is 24.3 Å². The molecule has 3 heterocycles. The van der Waals surface area contributed by atoms with Crippen LogP contribution in [-0.4, -0.2) is 56.7 Å². The van der Waals surface area contributed by atoms with E-state index >= 15 is 0 Å². The van der Waals surface area contributed by atoms with Crippen molar-refractivity contribution in [2.45, 2.75) is 50.1 Å². The minimum Gasteiger partial charge on any atom is -0.481 e. The van der Waals surface area contributed by atoms with Gasteiger partial charge in [-0.3, -0.25) is 9.59 Å². The minimum absolute atomic E-state index is 0.183. The van der Waals surface area contributed by atoms with Crippen molar-refractivity contribution >= 4 is 35.3 Å². The molecule has 33 heavy (non-hydrogen) atoms. The summed E-state index contributed by atoms with van der Waals surface area (Å²) in [5.41, 5.74) is 15.0. The summed E-state index contributed by atoms with van der Waals surface area (Å²) in [6.07, 6.45) is 2.15. The summed E-state index contributed by atoms with van der Waals surface area (Å²) in [6, 6.07) is 6.12. The zero-order valence-electron chi connectivity index (χ0n) is 17.9. The van der Waals surface area contributed by atoms with E-state index in [2.05, 4.69) is 20.2 Å². The number of benzene rings is 1. The van der Waals surface area contributed by atoms with Gasteiger partial charge in [-0.05, 0) is 43.4 Å². The number of hydrogen-bond donors (Lipinski definition) is 5. The fraction of sp³-hybridized carbons (Fsp3) is 0.409. The number of rotatable bonds is 7. The lowest BCUT2D eigenvalue weighted by Crippen LogP contribution is -2.41. The van der Waals surface area contributed by atoms with Crippen LogP contribution < -0.4 is 21.7 Å². The molecule has 11 heteroatoms. The number of fused-ring (bicyclic) bond motifs is 3. The van der Waals surface area contributed by atoms with Gasteiger partial charge in [0.1, 0.15) is 11.7 Å². The highest BCUT2D eigenvalue weighted by atomic mass is 16.4. The third-order valence-corrected chi connectivity index (χ3v) is 6.31. The van der Waals surface area contributed by atoms with E-state index in [-0.39, 0.29) is 24.7 Å². The molecule has 2 aliphatic rings. The minimum atomic E-state index is -1.27. The fourth-order valence-electron chi connectivity index (χ4n) is 4.71. The first-order valence-electron chi connectivity index (χ1n) is 10.8. The molecule has 3 atom stereocenters. The molecule has 0 saturated carbocycles. The number of aromatic nitrogens is 2. The van der Waals surface area contributed by atoms with Gasteiger partial charge in [-0.15, -0.1) is 0 Å². The lowest BCUT2D eigenvalue weighted by atomic mass is 9.93. The van der Waals surface area contributed by atoms with Crippen molar-refractivity contribution in [3.63, 3.8) is 0 Å². The fourth-order valence-corrected chi connectivity index (χ4v) is 4.71. The zero-order chi connectivity index (χ0) is 23.7. The van der Waals surface area contributed by atoms with Gasteiger partial charge in [0.25, 0.3) is 5.91 Å². The predicted octanol–water partition coefficient (Wildman–Crippen LogP) is 0.997. The SMILES string of the molecule is Nc1nc(N)c2c(n1)CCC1CC(c3ccc(C(=O)N[C@@H](CCC(=O)O)C(=O)O)cc3)CN21. The zero-order valence-corrected chi connectivity index (χ0v) is 17.9. The molecular formula is C22H26N6O5. The lowest BCUT2D eigenvalue weighted by Gasteiger charge is -2.33. The molecule has 4 rings (SSSR count). The van der Waals surface area contributed by atoms with E-state index in [0.717, 1.165) is 42.8 Å². The van der Waals surface area contributed by atoms with Crippen LogP contribution in [-0.2, 0) is 16.0 Å². The Morgan fingerprint density at radius 3 is 2.55 bits per heavy atom. The Morgan fingerprint density at radius 2 is 1.88 bits per heavy atom. The molecule has 0 bridgehead atoms. The number of amides is 1. The Labute approximate surface area is 189 Å². The number of nitrogens with one attached hydrogen (secondary N) is 1. The lowest BCUT2D eigenvalue weighted by molar-refractivity contribution is -0.140. The van der Waals surface area contributed by atoms with Crippen molar-refractivity contribution in [2.75, 3.05) is 22.9 Å². The molecular weight excluding hydrogens is 428 g/mol. The van der Waals surface area contributed by atoms with Gasteiger partial charge in [0.2, 0.25) is 5.95 Å². The average molecular weight is 454 g/mol. The maximum Gasteiger partial charge on any atom is 0.326 e. The molecule has 1 aromatic heterocycles. The van der Waals surface area contributed by atoms with Crippen molar-refractivity contribution in [3.05, 3.63) is 41.1 Å². The molecule has 2 aliphatic heterocycles. The largest absolute Gasteiger partial charge is 0.481 e. The number of carbonyl (C=O) groups excluding carboxylic acids is 1. The van der Waals surface area contributed by atoms with Gasteiger partial charge < -0.3 is 31.9 Å². The number of carbonyl (C=O) groups is 3. The van der Waals surface area contributed by atoms with Gasteiger partial charge in [-0.2, -0.15) is 4.98 Å². The summed E-state index contributed by atoms with van der Waals surface area (Å²) in [6.45, 7) is 0.747. The summed E-state index contributed by atoms with van der Waals surface area (Å²) < 4.78 is 0. The highest BCUT2D eigenvalue weighted by molar-refractivity contribution is 5.96. The molecule has 0 spiro atoms. The number of nitrogen functional groups attached to an aromatic ring is 2. The normalized spacial score (nSPS) is 19.9. The Bertz CT molecular complexity index is 1090. The summed E-state index contributed by atoms with van der Waals surface area (Å²) >= 11 is 0. The Hall–Kier alpha value is -3.89. The molecule has 1 saturated heterocycles. The number of carboxylic acid groups (broad SMARTS) is 2. The van der Waals surface area contributed by atoms with Crippen molar-refractivity contribution < 1.29 is 24.6 Å². The maximum absolute atomic E-state index is 12.5. The van der Waals surface area contributed by atoms with Crippen LogP contribution in [0.1, 0.15) is 53.2 Å². The second-order valence-electron chi connectivity index (χ2n) is 8.46. The molecule has 0 radical (unpaired) electrons. The van der Waals surface area contributed by atoms with Crippen molar-refractivity contribution in [2.24, 2.45) is 0 Å². The number of hydrogen-bond acceptors (Lipinski definition) is 8. The summed E-state index contributed by atoms with van der Waals surface area (Å²) in [7, 11) is 0. The number of aliphatic carboxylic acids is 2. The number of carboxylic acids is 2. The molecule has 2 unspecified atom stereocenters. The number of nitrogens with two attached hydrogens (primary N) is 2. The predicted molar refractivity (Wildman–Crippen MR) is 120 cm³/mol. The van der Waals surface area contributed by atoms with Gasteiger partial charge >= 0.3 is 11.9 Å². The van der Waals surface area contributed by atoms with E-state index in [0.29, 0.717) is 17.4 Å². The van der Waals surface area contributed by atoms with Crippen LogP contribution in [0.2, 0.25) is 0 Å². The van der Waals surface area contributed by atoms with E-state index in [9.17, 15) is 19.5 Å². The van der Waals surface area contributed by atoms with Crippen molar-refractivity contribution in [1.82, 2.24) is 15.3 Å². The van der Waals surface area contributed by atoms with Gasteiger partial charge in [0, 0.05) is 30.5 Å². The molecule has 1 aromatic carbocycles. The topological polar surface area (TPSA) is 185 Å². The average Bonchev–Trinajstić information content (AvgIpc) is 3.20. The van der Waals surface area contributed by atoms with E-state index in [1.54, 1.807) is 12.1 Å². The number of anilines is 3. The maximum atomic E-state index is 12.5. The molecule has 174 valence electrons. The quantitative estimate of drug-likeness (QED) is 0.404. The van der Waals surface area contributed by atoms with Gasteiger partial charge in [-0.25, -0.2) is 9.78 Å². The van der Waals surface area contributed by atoms with E-state index in [4.69, 9.17) is 16.6 Å². The molecule has 0 aliphatic carbocycles. The van der Waals surface area contributed by atoms with Gasteiger partial charge in [-0.1, -0.05) is 12.1 Å².